The molecule has 3 N–H and O–H groups in total. The number of carbonyl (C=O) groups is 1. The van der Waals surface area contributed by atoms with Crippen LogP contribution in [0.2, 0.25) is 5.02 Å². The number of methoxy groups -OCH3 is 2. The molecule has 11 heteroatoms. The minimum absolute atomic E-state index is 0.128. The van der Waals surface area contributed by atoms with Gasteiger partial charge in [-0.15, -0.1) is 0 Å². The number of hydrogen-bond acceptors (Lipinski definition) is 9. The van der Waals surface area contributed by atoms with Crippen molar-refractivity contribution >= 4 is 29.0 Å². The lowest BCUT2D eigenvalue weighted by molar-refractivity contribution is 0.00604. The lowest BCUT2D eigenvalue weighted by Crippen LogP contribution is -2.54. The van der Waals surface area contributed by atoms with E-state index in [0.29, 0.717) is 33.5 Å². The lowest BCUT2D eigenvalue weighted by Gasteiger charge is -2.38. The Bertz CT molecular complexity index is 1060. The first kappa shape index (κ1) is 26.5. The Morgan fingerprint density at radius 2 is 2.11 bits per heavy atom. The van der Waals surface area contributed by atoms with Crippen molar-refractivity contribution in [2.45, 2.75) is 31.4 Å². The molecule has 10 nitrogen and oxygen atoms in total. The molecule has 1 amide bonds. The maximum absolute atomic E-state index is 12.9. The van der Waals surface area contributed by atoms with Crippen LogP contribution in [0.15, 0.2) is 24.5 Å². The first-order valence-corrected chi connectivity index (χ1v) is 11.9. The number of benzene rings is 1. The van der Waals surface area contributed by atoms with Crippen LogP contribution in [0.1, 0.15) is 35.3 Å². The van der Waals surface area contributed by atoms with Gasteiger partial charge in [-0.3, -0.25) is 4.79 Å². The van der Waals surface area contributed by atoms with Gasteiger partial charge in [-0.05, 0) is 31.9 Å². The molecule has 2 unspecified atom stereocenters. The van der Waals surface area contributed by atoms with Gasteiger partial charge in [-0.1, -0.05) is 11.6 Å². The molecule has 2 heterocycles. The zero-order valence-electron chi connectivity index (χ0n) is 20.3. The van der Waals surface area contributed by atoms with E-state index in [0.717, 1.165) is 45.4 Å². The molecular formula is C24H32ClN7O3. The number of ether oxygens (including phenoxy) is 2. The van der Waals surface area contributed by atoms with E-state index in [2.05, 4.69) is 26.3 Å². The van der Waals surface area contributed by atoms with Crippen molar-refractivity contribution in [3.05, 3.63) is 40.8 Å². The molecule has 2 atom stereocenters. The number of nitrogens with two attached hydrogens (primary N) is 1. The molecule has 1 aliphatic rings. The second-order valence-corrected chi connectivity index (χ2v) is 8.89. The fourth-order valence-corrected chi connectivity index (χ4v) is 4.39. The van der Waals surface area contributed by atoms with Crippen molar-refractivity contribution in [3.8, 4) is 11.8 Å². The summed E-state index contributed by atoms with van der Waals surface area (Å²) in [5.74, 6) is 0.710. The summed E-state index contributed by atoms with van der Waals surface area (Å²) in [5.41, 5.74) is 6.86. The van der Waals surface area contributed by atoms with E-state index in [1.54, 1.807) is 19.4 Å². The van der Waals surface area contributed by atoms with Crippen LogP contribution in [-0.2, 0) is 4.74 Å². The average Bonchev–Trinajstić information content (AvgIpc) is 2.88. The van der Waals surface area contributed by atoms with Crippen molar-refractivity contribution in [3.63, 3.8) is 0 Å². The number of likely N-dealkylation sites (tertiary alicyclic amines) is 1. The topological polar surface area (TPSA) is 130 Å². The molecule has 0 radical (unpaired) electrons. The van der Waals surface area contributed by atoms with E-state index in [4.69, 9.17) is 26.8 Å². The van der Waals surface area contributed by atoms with Crippen molar-refractivity contribution in [2.24, 2.45) is 0 Å². The maximum Gasteiger partial charge on any atom is 0.255 e. The maximum atomic E-state index is 12.9. The second kappa shape index (κ2) is 12.5. The monoisotopic (exact) mass is 501 g/mol. The minimum atomic E-state index is -0.270. The van der Waals surface area contributed by atoms with E-state index in [-0.39, 0.29) is 18.1 Å². The zero-order valence-corrected chi connectivity index (χ0v) is 21.1. The summed E-state index contributed by atoms with van der Waals surface area (Å²) in [7, 11) is 5.07. The Labute approximate surface area is 211 Å². The summed E-state index contributed by atoms with van der Waals surface area (Å²) >= 11 is 6.12. The summed E-state index contributed by atoms with van der Waals surface area (Å²) < 4.78 is 11.0. The first-order valence-electron chi connectivity index (χ1n) is 11.5. The Hall–Kier alpha value is -3.13. The van der Waals surface area contributed by atoms with Gasteiger partial charge in [0.25, 0.3) is 5.91 Å². The van der Waals surface area contributed by atoms with Gasteiger partial charge in [0, 0.05) is 52.3 Å². The van der Waals surface area contributed by atoms with Crippen LogP contribution in [0.3, 0.4) is 0 Å². The second-order valence-electron chi connectivity index (χ2n) is 8.49. The molecular weight excluding hydrogens is 470 g/mol. The van der Waals surface area contributed by atoms with Crippen molar-refractivity contribution in [1.29, 1.82) is 5.26 Å². The van der Waals surface area contributed by atoms with Gasteiger partial charge in [0.2, 0.25) is 0 Å². The van der Waals surface area contributed by atoms with Gasteiger partial charge in [-0.2, -0.15) is 5.26 Å². The van der Waals surface area contributed by atoms with Crippen LogP contribution in [0.25, 0.3) is 0 Å². The molecule has 3 rings (SSSR count). The van der Waals surface area contributed by atoms with Crippen LogP contribution < -0.4 is 20.7 Å². The Morgan fingerprint density at radius 1 is 1.34 bits per heavy atom. The van der Waals surface area contributed by atoms with Crippen LogP contribution >= 0.6 is 11.6 Å². The molecule has 1 aliphatic heterocycles. The summed E-state index contributed by atoms with van der Waals surface area (Å²) in [6.45, 7) is 3.27. The number of amides is 1. The highest BCUT2D eigenvalue weighted by atomic mass is 35.5. The Kier molecular flexibility index (Phi) is 9.48. The van der Waals surface area contributed by atoms with Gasteiger partial charge in [0.1, 0.15) is 11.8 Å². The molecule has 188 valence electrons. The molecule has 0 bridgehead atoms. The summed E-state index contributed by atoms with van der Waals surface area (Å²) in [6, 6.07) is 5.03. The van der Waals surface area contributed by atoms with Crippen LogP contribution in [0.5, 0.6) is 5.75 Å². The predicted molar refractivity (Wildman–Crippen MR) is 135 cm³/mol. The number of unbranched alkanes of at least 4 members (excludes halogenated alkanes) is 1. The van der Waals surface area contributed by atoms with Crippen molar-refractivity contribution < 1.29 is 14.3 Å². The lowest BCUT2D eigenvalue weighted by atomic mass is 10.0. The Morgan fingerprint density at radius 3 is 2.83 bits per heavy atom. The van der Waals surface area contributed by atoms with E-state index in [9.17, 15) is 10.1 Å². The molecule has 0 spiro atoms. The van der Waals surface area contributed by atoms with E-state index in [1.807, 2.05) is 11.9 Å². The van der Waals surface area contributed by atoms with E-state index >= 15 is 0 Å². The molecule has 2 aromatic rings. The quantitative estimate of drug-likeness (QED) is 0.372. The third-order valence-corrected chi connectivity index (χ3v) is 6.52. The van der Waals surface area contributed by atoms with Crippen molar-refractivity contribution in [1.82, 2.24) is 20.2 Å². The SMILES string of the molecule is COc1cc(N)c(Cl)cc1C(=O)NC1CCN(CCCCN(C)c2nccnc2C#N)CC1OC. The number of rotatable bonds is 10. The number of hydrogen-bond donors (Lipinski definition) is 2. The molecule has 0 aliphatic carbocycles. The van der Waals surface area contributed by atoms with Gasteiger partial charge in [-0.25, -0.2) is 9.97 Å². The van der Waals surface area contributed by atoms with Crippen LogP contribution in [-0.4, -0.2) is 80.4 Å². The highest BCUT2D eigenvalue weighted by molar-refractivity contribution is 6.33. The molecule has 1 fully saturated rings. The summed E-state index contributed by atoms with van der Waals surface area (Å²) in [4.78, 5) is 25.6. The highest BCUT2D eigenvalue weighted by Gasteiger charge is 2.31. The number of halogens is 1. The van der Waals surface area contributed by atoms with Crippen molar-refractivity contribution in [2.75, 3.05) is 58.1 Å². The molecule has 1 saturated heterocycles. The molecule has 0 saturated carbocycles. The van der Waals surface area contributed by atoms with Crippen LogP contribution in [0, 0.1) is 11.3 Å². The predicted octanol–water partition coefficient (Wildman–Crippen LogP) is 2.33. The number of nitrogens with zero attached hydrogens (tertiary/aromatic N) is 5. The summed E-state index contributed by atoms with van der Waals surface area (Å²) in [5, 5.41) is 12.6. The number of aromatic nitrogens is 2. The number of nitrogens with one attached hydrogen (secondary N) is 1. The van der Waals surface area contributed by atoms with Gasteiger partial charge in [0.05, 0.1) is 35.5 Å². The fraction of sp³-hybridized carbons (Fsp3) is 0.500. The largest absolute Gasteiger partial charge is 0.496 e. The third-order valence-electron chi connectivity index (χ3n) is 6.19. The highest BCUT2D eigenvalue weighted by Crippen LogP contribution is 2.29. The summed E-state index contributed by atoms with van der Waals surface area (Å²) in [6.07, 6.45) is 5.68. The molecule has 1 aromatic carbocycles. The van der Waals surface area contributed by atoms with Gasteiger partial charge < -0.3 is 30.3 Å². The van der Waals surface area contributed by atoms with Gasteiger partial charge in [0.15, 0.2) is 11.5 Å². The third kappa shape index (κ3) is 6.72. The number of piperidine rings is 1. The normalized spacial score (nSPS) is 18.0. The Balaban J connectivity index is 1.48. The zero-order chi connectivity index (χ0) is 25.4. The smallest absolute Gasteiger partial charge is 0.255 e. The average molecular weight is 502 g/mol. The first-order chi connectivity index (χ1) is 16.9. The number of nitrogen functional groups attached to an aromatic ring is 1. The standard InChI is InChI=1S/C24H32ClN7O3/c1-31(23-20(14-26)28-7-8-29-23)9-4-5-10-32-11-6-19(22(15-32)35-3)30-24(33)16-12-17(25)18(27)13-21(16)34-2/h7-8,12-13,19,22H,4-6,9-11,15,27H2,1-3H3,(H,30,33). The molecule has 35 heavy (non-hydrogen) atoms. The van der Waals surface area contributed by atoms with Gasteiger partial charge >= 0.3 is 0 Å². The number of nitriles is 1. The molecule has 1 aromatic heterocycles. The van der Waals surface area contributed by atoms with E-state index in [1.165, 1.54) is 19.4 Å². The number of anilines is 2. The number of carbonyl (C=O) groups excluding carboxylic acids is 1. The van der Waals surface area contributed by atoms with Crippen LogP contribution in [0.4, 0.5) is 11.5 Å². The van der Waals surface area contributed by atoms with E-state index < -0.39 is 0 Å². The fourth-order valence-electron chi connectivity index (χ4n) is 4.23. The minimum Gasteiger partial charge on any atom is -0.496 e.